The van der Waals surface area contributed by atoms with Gasteiger partial charge in [-0.3, -0.25) is 4.79 Å². The topological polar surface area (TPSA) is 84.5 Å². The molecule has 0 saturated carbocycles. The van der Waals surface area contributed by atoms with Crippen molar-refractivity contribution in [3.05, 3.63) is 29.8 Å². The number of rotatable bonds is 7. The Bertz CT molecular complexity index is 557. The first kappa shape index (κ1) is 16.6. The van der Waals surface area contributed by atoms with Crippen LogP contribution in [0.15, 0.2) is 29.2 Å². The van der Waals surface area contributed by atoms with Crippen LogP contribution in [0.1, 0.15) is 24.2 Å². The van der Waals surface area contributed by atoms with E-state index in [9.17, 15) is 13.2 Å². The lowest BCUT2D eigenvalue weighted by atomic mass is 10.2. The van der Waals surface area contributed by atoms with Gasteiger partial charge in [0.05, 0.1) is 11.5 Å². The van der Waals surface area contributed by atoms with Gasteiger partial charge in [-0.1, -0.05) is 13.0 Å². The minimum atomic E-state index is -3.56. The van der Waals surface area contributed by atoms with Crippen LogP contribution in [0.3, 0.4) is 0 Å². The maximum absolute atomic E-state index is 12.0. The van der Waals surface area contributed by atoms with Crippen molar-refractivity contribution in [3.8, 4) is 0 Å². The van der Waals surface area contributed by atoms with Gasteiger partial charge in [-0.2, -0.15) is 0 Å². The molecule has 112 valence electrons. The molecule has 1 unspecified atom stereocenters. The van der Waals surface area contributed by atoms with Gasteiger partial charge in [-0.25, -0.2) is 13.1 Å². The zero-order valence-electron chi connectivity index (χ0n) is 11.8. The van der Waals surface area contributed by atoms with Crippen LogP contribution in [0.2, 0.25) is 0 Å². The summed E-state index contributed by atoms with van der Waals surface area (Å²) in [7, 11) is -2.01. The molecule has 7 heteroatoms. The minimum Gasteiger partial charge on any atom is -0.383 e. The van der Waals surface area contributed by atoms with E-state index in [-0.39, 0.29) is 16.8 Å². The summed E-state index contributed by atoms with van der Waals surface area (Å²) in [4.78, 5) is 12.1. The Morgan fingerprint density at radius 3 is 2.70 bits per heavy atom. The molecule has 0 aliphatic carbocycles. The number of benzene rings is 1. The molecule has 0 aromatic heterocycles. The molecule has 0 heterocycles. The van der Waals surface area contributed by atoms with Crippen molar-refractivity contribution in [1.29, 1.82) is 0 Å². The molecule has 0 fully saturated rings. The smallest absolute Gasteiger partial charge is 0.251 e. The second-order valence-corrected chi connectivity index (χ2v) is 6.13. The maximum atomic E-state index is 12.0. The SMILES string of the molecule is CCNS(=O)(=O)c1cccc(C(=O)NC(C)COC)c1. The number of ether oxygens (including phenoxy) is 1. The molecule has 1 atom stereocenters. The molecule has 0 spiro atoms. The number of carbonyl (C=O) groups is 1. The van der Waals surface area contributed by atoms with Crippen LogP contribution in [0.5, 0.6) is 0 Å². The van der Waals surface area contributed by atoms with Crippen molar-refractivity contribution in [2.24, 2.45) is 0 Å². The Balaban J connectivity index is 2.91. The van der Waals surface area contributed by atoms with E-state index in [1.165, 1.54) is 12.1 Å². The Labute approximate surface area is 119 Å². The lowest BCUT2D eigenvalue weighted by molar-refractivity contribution is 0.0905. The maximum Gasteiger partial charge on any atom is 0.251 e. The van der Waals surface area contributed by atoms with Gasteiger partial charge in [0.25, 0.3) is 5.91 Å². The van der Waals surface area contributed by atoms with E-state index in [1.807, 2.05) is 0 Å². The highest BCUT2D eigenvalue weighted by Gasteiger charge is 2.16. The highest BCUT2D eigenvalue weighted by molar-refractivity contribution is 7.89. The standard InChI is InChI=1S/C13H20N2O4S/c1-4-14-20(17,18)12-7-5-6-11(8-12)13(16)15-10(2)9-19-3/h5-8,10,14H,4,9H2,1-3H3,(H,15,16). The molecule has 0 aliphatic heterocycles. The molecule has 6 nitrogen and oxygen atoms in total. The largest absolute Gasteiger partial charge is 0.383 e. The highest BCUT2D eigenvalue weighted by Crippen LogP contribution is 2.11. The summed E-state index contributed by atoms with van der Waals surface area (Å²) >= 11 is 0. The summed E-state index contributed by atoms with van der Waals surface area (Å²) in [6.45, 7) is 4.19. The molecular formula is C13H20N2O4S. The van der Waals surface area contributed by atoms with Gasteiger partial charge in [-0.15, -0.1) is 0 Å². The third kappa shape index (κ3) is 4.59. The van der Waals surface area contributed by atoms with Gasteiger partial charge < -0.3 is 10.1 Å². The van der Waals surface area contributed by atoms with E-state index in [0.29, 0.717) is 18.7 Å². The average Bonchev–Trinajstić information content (AvgIpc) is 2.39. The molecule has 0 radical (unpaired) electrons. The van der Waals surface area contributed by atoms with Crippen LogP contribution in [-0.2, 0) is 14.8 Å². The molecule has 2 N–H and O–H groups in total. The van der Waals surface area contributed by atoms with E-state index >= 15 is 0 Å². The van der Waals surface area contributed by atoms with Gasteiger partial charge in [0.15, 0.2) is 0 Å². The first-order chi connectivity index (χ1) is 9.40. The molecule has 0 saturated heterocycles. The summed E-state index contributed by atoms with van der Waals surface area (Å²) < 4.78 is 31.1. The monoisotopic (exact) mass is 300 g/mol. The van der Waals surface area contributed by atoms with Gasteiger partial charge >= 0.3 is 0 Å². The first-order valence-electron chi connectivity index (χ1n) is 6.30. The van der Waals surface area contributed by atoms with Crippen LogP contribution in [0.4, 0.5) is 0 Å². The molecule has 1 rings (SSSR count). The third-order valence-electron chi connectivity index (χ3n) is 2.54. The number of hydrogen-bond donors (Lipinski definition) is 2. The lowest BCUT2D eigenvalue weighted by Crippen LogP contribution is -2.35. The van der Waals surface area contributed by atoms with Gasteiger partial charge in [0, 0.05) is 25.3 Å². The minimum absolute atomic E-state index is 0.0754. The average molecular weight is 300 g/mol. The number of amides is 1. The molecule has 0 bridgehead atoms. The number of carbonyl (C=O) groups excluding carboxylic acids is 1. The predicted octanol–water partition coefficient (Wildman–Crippen LogP) is 0.749. The normalized spacial score (nSPS) is 12.9. The van der Waals surface area contributed by atoms with E-state index in [2.05, 4.69) is 10.0 Å². The van der Waals surface area contributed by atoms with Crippen LogP contribution in [-0.4, -0.2) is 40.6 Å². The summed E-state index contributed by atoms with van der Waals surface area (Å²) in [6, 6.07) is 5.77. The number of methoxy groups -OCH3 is 1. The van der Waals surface area contributed by atoms with E-state index < -0.39 is 10.0 Å². The van der Waals surface area contributed by atoms with Gasteiger partial charge in [-0.05, 0) is 25.1 Å². The third-order valence-corrected chi connectivity index (χ3v) is 4.08. The van der Waals surface area contributed by atoms with Crippen LogP contribution >= 0.6 is 0 Å². The Kier molecular flexibility index (Phi) is 6.12. The van der Waals surface area contributed by atoms with Crippen molar-refractivity contribution in [2.45, 2.75) is 24.8 Å². The fourth-order valence-corrected chi connectivity index (χ4v) is 2.76. The summed E-state index contributed by atoms with van der Waals surface area (Å²) in [5.74, 6) is -0.330. The summed E-state index contributed by atoms with van der Waals surface area (Å²) in [6.07, 6.45) is 0. The van der Waals surface area contributed by atoms with E-state index in [0.717, 1.165) is 0 Å². The van der Waals surface area contributed by atoms with Crippen LogP contribution in [0.25, 0.3) is 0 Å². The molecule has 0 aliphatic rings. The fourth-order valence-electron chi connectivity index (χ4n) is 1.68. The zero-order valence-corrected chi connectivity index (χ0v) is 12.7. The fraction of sp³-hybridized carbons (Fsp3) is 0.462. The number of sulfonamides is 1. The second-order valence-electron chi connectivity index (χ2n) is 4.36. The summed E-state index contributed by atoms with van der Waals surface area (Å²) in [5, 5.41) is 2.73. The van der Waals surface area contributed by atoms with Gasteiger partial charge in [0.2, 0.25) is 10.0 Å². The Morgan fingerprint density at radius 2 is 2.10 bits per heavy atom. The Morgan fingerprint density at radius 1 is 1.40 bits per heavy atom. The Hall–Kier alpha value is -1.44. The van der Waals surface area contributed by atoms with Crippen molar-refractivity contribution >= 4 is 15.9 Å². The van der Waals surface area contributed by atoms with Crippen molar-refractivity contribution in [3.63, 3.8) is 0 Å². The zero-order chi connectivity index (χ0) is 15.2. The van der Waals surface area contributed by atoms with Crippen LogP contribution < -0.4 is 10.0 Å². The van der Waals surface area contributed by atoms with Crippen molar-refractivity contribution < 1.29 is 17.9 Å². The summed E-state index contributed by atoms with van der Waals surface area (Å²) in [5.41, 5.74) is 0.298. The number of hydrogen-bond acceptors (Lipinski definition) is 4. The lowest BCUT2D eigenvalue weighted by Gasteiger charge is -2.13. The van der Waals surface area contributed by atoms with E-state index in [4.69, 9.17) is 4.74 Å². The highest BCUT2D eigenvalue weighted by atomic mass is 32.2. The van der Waals surface area contributed by atoms with Crippen molar-refractivity contribution in [1.82, 2.24) is 10.0 Å². The van der Waals surface area contributed by atoms with Gasteiger partial charge in [0.1, 0.15) is 0 Å². The molecule has 1 aromatic rings. The molecule has 1 amide bonds. The van der Waals surface area contributed by atoms with Crippen molar-refractivity contribution in [2.75, 3.05) is 20.3 Å². The van der Waals surface area contributed by atoms with E-state index in [1.54, 1.807) is 33.1 Å². The molecule has 20 heavy (non-hydrogen) atoms. The second kappa shape index (κ2) is 7.37. The number of nitrogens with one attached hydrogen (secondary N) is 2. The quantitative estimate of drug-likeness (QED) is 0.778. The predicted molar refractivity (Wildman–Crippen MR) is 76.1 cm³/mol. The first-order valence-corrected chi connectivity index (χ1v) is 7.78. The molecular weight excluding hydrogens is 280 g/mol. The molecule has 1 aromatic carbocycles. The van der Waals surface area contributed by atoms with Crippen LogP contribution in [0, 0.1) is 0 Å².